The van der Waals surface area contributed by atoms with E-state index in [1.54, 1.807) is 10.8 Å². The van der Waals surface area contributed by atoms with Crippen molar-refractivity contribution in [1.29, 1.82) is 0 Å². The summed E-state index contributed by atoms with van der Waals surface area (Å²) in [5.41, 5.74) is 4.21. The molecule has 19 heavy (non-hydrogen) atoms. The highest BCUT2D eigenvalue weighted by atomic mass is 16.1. The number of nitrogens with one attached hydrogen (secondary N) is 1. The highest BCUT2D eigenvalue weighted by Crippen LogP contribution is 2.28. The quantitative estimate of drug-likeness (QED) is 0.896. The van der Waals surface area contributed by atoms with Gasteiger partial charge in [-0.2, -0.15) is 0 Å². The molecule has 0 aliphatic carbocycles. The van der Waals surface area contributed by atoms with Crippen LogP contribution in [-0.4, -0.2) is 28.5 Å². The van der Waals surface area contributed by atoms with Gasteiger partial charge < -0.3 is 5.32 Å². The molecule has 0 radical (unpaired) electrons. The molecule has 3 heterocycles. The summed E-state index contributed by atoms with van der Waals surface area (Å²) in [5, 5.41) is 3.30. The Labute approximate surface area is 112 Å². The van der Waals surface area contributed by atoms with Gasteiger partial charge in [-0.25, -0.2) is 0 Å². The van der Waals surface area contributed by atoms with Gasteiger partial charge in [-0.3, -0.25) is 14.3 Å². The number of pyridine rings is 1. The monoisotopic (exact) mass is 255 g/mol. The van der Waals surface area contributed by atoms with Gasteiger partial charge in [-0.15, -0.1) is 0 Å². The highest BCUT2D eigenvalue weighted by Gasteiger charge is 2.16. The molecule has 1 aliphatic rings. The maximum absolute atomic E-state index is 12.0. The lowest BCUT2D eigenvalue weighted by atomic mass is 10.0. The van der Waals surface area contributed by atoms with Gasteiger partial charge in [0.05, 0.1) is 11.0 Å². The topological polar surface area (TPSA) is 46.9 Å². The van der Waals surface area contributed by atoms with Crippen molar-refractivity contribution >= 4 is 22.5 Å². The van der Waals surface area contributed by atoms with Gasteiger partial charge >= 0.3 is 0 Å². The van der Waals surface area contributed by atoms with Crippen LogP contribution >= 0.6 is 0 Å². The van der Waals surface area contributed by atoms with Gasteiger partial charge in [0.2, 0.25) is 5.91 Å². The predicted molar refractivity (Wildman–Crippen MR) is 76.1 cm³/mol. The highest BCUT2D eigenvalue weighted by molar-refractivity contribution is 5.97. The molecule has 4 heteroatoms. The molecule has 0 amide bonds. The maximum atomic E-state index is 12.0. The number of fused-ring (bicyclic) bond motifs is 1. The molecular weight excluding hydrogens is 238 g/mol. The van der Waals surface area contributed by atoms with Crippen molar-refractivity contribution in [3.63, 3.8) is 0 Å². The smallest absolute Gasteiger partial charge is 0.230 e. The first-order valence-corrected chi connectivity index (χ1v) is 6.70. The van der Waals surface area contributed by atoms with Crippen LogP contribution in [0, 0.1) is 0 Å². The second-order valence-electron chi connectivity index (χ2n) is 4.71. The first-order valence-electron chi connectivity index (χ1n) is 6.70. The minimum absolute atomic E-state index is 0.110. The molecule has 0 spiro atoms. The SMILES string of the molecule is CCC(=O)n1cc(C2=CCNCC2)c2ncccc21. The van der Waals surface area contributed by atoms with Gasteiger partial charge in [0.25, 0.3) is 0 Å². The van der Waals surface area contributed by atoms with Crippen LogP contribution in [0.25, 0.3) is 16.6 Å². The van der Waals surface area contributed by atoms with E-state index in [9.17, 15) is 4.79 Å². The average Bonchev–Trinajstić information content (AvgIpc) is 2.87. The van der Waals surface area contributed by atoms with Gasteiger partial charge in [-0.1, -0.05) is 13.0 Å². The van der Waals surface area contributed by atoms with Crippen molar-refractivity contribution < 1.29 is 4.79 Å². The molecule has 0 unspecified atom stereocenters. The Morgan fingerprint density at radius 2 is 2.42 bits per heavy atom. The van der Waals surface area contributed by atoms with Crippen molar-refractivity contribution in [2.75, 3.05) is 13.1 Å². The maximum Gasteiger partial charge on any atom is 0.230 e. The third-order valence-electron chi connectivity index (χ3n) is 3.54. The largest absolute Gasteiger partial charge is 0.313 e. The number of hydrogen-bond donors (Lipinski definition) is 1. The molecule has 0 saturated heterocycles. The van der Waals surface area contributed by atoms with E-state index in [0.717, 1.165) is 36.1 Å². The minimum atomic E-state index is 0.110. The van der Waals surface area contributed by atoms with Crippen molar-refractivity contribution in [3.05, 3.63) is 36.2 Å². The van der Waals surface area contributed by atoms with E-state index in [1.807, 2.05) is 25.3 Å². The van der Waals surface area contributed by atoms with Crippen LogP contribution in [0.2, 0.25) is 0 Å². The Hall–Kier alpha value is -1.94. The van der Waals surface area contributed by atoms with Crippen molar-refractivity contribution in [3.8, 4) is 0 Å². The van der Waals surface area contributed by atoms with E-state index >= 15 is 0 Å². The van der Waals surface area contributed by atoms with Crippen LogP contribution in [0.5, 0.6) is 0 Å². The Balaban J connectivity index is 2.19. The Kier molecular flexibility index (Phi) is 3.17. The Bertz CT molecular complexity index is 654. The van der Waals surface area contributed by atoms with Crippen molar-refractivity contribution in [2.24, 2.45) is 0 Å². The summed E-state index contributed by atoms with van der Waals surface area (Å²) in [6.07, 6.45) is 7.40. The fourth-order valence-corrected chi connectivity index (χ4v) is 2.54. The van der Waals surface area contributed by atoms with E-state index < -0.39 is 0 Å². The van der Waals surface area contributed by atoms with Crippen molar-refractivity contribution in [1.82, 2.24) is 14.9 Å². The van der Waals surface area contributed by atoms with Gasteiger partial charge in [0, 0.05) is 30.9 Å². The fraction of sp³-hybridized carbons (Fsp3) is 0.333. The molecule has 4 nitrogen and oxygen atoms in total. The third kappa shape index (κ3) is 2.08. The van der Waals surface area contributed by atoms with Crippen LogP contribution in [0.1, 0.15) is 30.1 Å². The minimum Gasteiger partial charge on any atom is -0.313 e. The third-order valence-corrected chi connectivity index (χ3v) is 3.54. The first-order chi connectivity index (χ1) is 9.31. The molecule has 0 bridgehead atoms. The molecule has 1 aliphatic heterocycles. The first kappa shape index (κ1) is 12.1. The summed E-state index contributed by atoms with van der Waals surface area (Å²) in [6.45, 7) is 3.75. The lowest BCUT2D eigenvalue weighted by molar-refractivity contribution is 0.0914. The van der Waals surface area contributed by atoms with Crippen LogP contribution in [0.3, 0.4) is 0 Å². The average molecular weight is 255 g/mol. The van der Waals surface area contributed by atoms with Crippen LogP contribution in [0.15, 0.2) is 30.6 Å². The zero-order valence-corrected chi connectivity index (χ0v) is 11.0. The summed E-state index contributed by atoms with van der Waals surface area (Å²) in [7, 11) is 0. The van der Waals surface area contributed by atoms with Gasteiger partial charge in [-0.05, 0) is 30.7 Å². The predicted octanol–water partition coefficient (Wildman–Crippen LogP) is 2.46. The second kappa shape index (κ2) is 4.97. The molecule has 0 fully saturated rings. The molecule has 3 rings (SSSR count). The van der Waals surface area contributed by atoms with Crippen LogP contribution in [-0.2, 0) is 0 Å². The van der Waals surface area contributed by atoms with Crippen LogP contribution in [0.4, 0.5) is 0 Å². The summed E-state index contributed by atoms with van der Waals surface area (Å²) >= 11 is 0. The van der Waals surface area contributed by atoms with E-state index in [4.69, 9.17) is 0 Å². The number of carbonyl (C=O) groups is 1. The summed E-state index contributed by atoms with van der Waals surface area (Å²) in [4.78, 5) is 16.5. The number of carbonyl (C=O) groups excluding carboxylic acids is 1. The molecule has 0 saturated carbocycles. The molecule has 2 aromatic heterocycles. The number of hydrogen-bond acceptors (Lipinski definition) is 3. The normalized spacial score (nSPS) is 15.5. The van der Waals surface area contributed by atoms with Gasteiger partial charge in [0.1, 0.15) is 0 Å². The number of rotatable bonds is 2. The lowest BCUT2D eigenvalue weighted by Gasteiger charge is -2.12. The molecule has 0 atom stereocenters. The molecule has 2 aromatic rings. The standard InChI is InChI=1S/C15H17N3O/c1-2-14(19)18-10-12(11-5-8-16-9-6-11)15-13(18)4-3-7-17-15/h3-5,7,10,16H,2,6,8-9H2,1H3. The molecule has 98 valence electrons. The van der Waals surface area contributed by atoms with E-state index in [1.165, 1.54) is 5.57 Å². The molecular formula is C15H17N3O. The van der Waals surface area contributed by atoms with E-state index in [-0.39, 0.29) is 5.91 Å². The zero-order chi connectivity index (χ0) is 13.2. The summed E-state index contributed by atoms with van der Waals surface area (Å²) in [5.74, 6) is 0.110. The second-order valence-corrected chi connectivity index (χ2v) is 4.71. The summed E-state index contributed by atoms with van der Waals surface area (Å²) < 4.78 is 1.74. The Morgan fingerprint density at radius 3 is 3.16 bits per heavy atom. The van der Waals surface area contributed by atoms with Crippen LogP contribution < -0.4 is 5.32 Å². The summed E-state index contributed by atoms with van der Waals surface area (Å²) in [6, 6.07) is 3.84. The molecule has 0 aromatic carbocycles. The van der Waals surface area contributed by atoms with E-state index in [2.05, 4.69) is 16.4 Å². The number of nitrogens with zero attached hydrogens (tertiary/aromatic N) is 2. The Morgan fingerprint density at radius 1 is 1.53 bits per heavy atom. The fourth-order valence-electron chi connectivity index (χ4n) is 2.54. The zero-order valence-electron chi connectivity index (χ0n) is 11.0. The van der Waals surface area contributed by atoms with Gasteiger partial charge in [0.15, 0.2) is 0 Å². The molecule has 1 N–H and O–H groups in total. The van der Waals surface area contributed by atoms with E-state index in [0.29, 0.717) is 6.42 Å². The van der Waals surface area contributed by atoms with Crippen molar-refractivity contribution in [2.45, 2.75) is 19.8 Å². The lowest BCUT2D eigenvalue weighted by Crippen LogP contribution is -2.20. The number of aromatic nitrogens is 2.